The van der Waals surface area contributed by atoms with Crippen LogP contribution in [0, 0.1) is 6.92 Å². The second kappa shape index (κ2) is 9.12. The molecule has 0 bridgehead atoms. The summed E-state index contributed by atoms with van der Waals surface area (Å²) in [7, 11) is 2.03. The number of H-pyrrole nitrogens is 1. The van der Waals surface area contributed by atoms with Crippen LogP contribution in [-0.2, 0) is 11.3 Å². The topological polar surface area (TPSA) is 142 Å². The predicted molar refractivity (Wildman–Crippen MR) is 121 cm³/mol. The molecule has 2 saturated carbocycles. The fourth-order valence-corrected chi connectivity index (χ4v) is 4.29. The molecule has 3 N–H and O–H groups in total. The van der Waals surface area contributed by atoms with Crippen molar-refractivity contribution in [2.75, 3.05) is 17.3 Å². The zero-order valence-electron chi connectivity index (χ0n) is 18.9. The van der Waals surface area contributed by atoms with Gasteiger partial charge in [-0.05, 0) is 56.7 Å². The standard InChI is InChI=1S/C21H29N11O/c1-13-26-30-32(29-13)12-20(33)23-15-5-7-16(8-6-15)31(2)21-22-10-9-18(25-21)24-19-11-17(27-28-19)14-3-4-14/h9-11,14-16H,3-8,12H2,1-2H3,(H,23,33)(H2,22,24,25,27,28). The lowest BCUT2D eigenvalue weighted by Gasteiger charge is -2.35. The predicted octanol–water partition coefficient (Wildman–Crippen LogP) is 1.68. The molecule has 0 unspecified atom stereocenters. The summed E-state index contributed by atoms with van der Waals surface area (Å²) in [6.07, 6.45) is 7.94. The van der Waals surface area contributed by atoms with Crippen molar-refractivity contribution < 1.29 is 4.79 Å². The molecule has 12 heteroatoms. The Hall–Kier alpha value is -3.57. The lowest BCUT2D eigenvalue weighted by molar-refractivity contribution is -0.123. The van der Waals surface area contributed by atoms with Crippen molar-refractivity contribution in [3.63, 3.8) is 0 Å². The van der Waals surface area contributed by atoms with Crippen molar-refractivity contribution in [2.24, 2.45) is 0 Å². The van der Waals surface area contributed by atoms with Gasteiger partial charge in [-0.3, -0.25) is 9.89 Å². The minimum Gasteiger partial charge on any atom is -0.352 e. The van der Waals surface area contributed by atoms with Crippen LogP contribution in [0.15, 0.2) is 18.3 Å². The lowest BCUT2D eigenvalue weighted by Crippen LogP contribution is -2.44. The van der Waals surface area contributed by atoms with Crippen LogP contribution < -0.4 is 15.5 Å². The number of aromatic nitrogens is 8. The van der Waals surface area contributed by atoms with E-state index in [1.807, 2.05) is 13.1 Å². The van der Waals surface area contributed by atoms with Crippen molar-refractivity contribution in [1.29, 1.82) is 0 Å². The van der Waals surface area contributed by atoms with Gasteiger partial charge in [0.1, 0.15) is 12.4 Å². The van der Waals surface area contributed by atoms with E-state index in [-0.39, 0.29) is 18.5 Å². The molecule has 5 rings (SSSR count). The third-order valence-corrected chi connectivity index (χ3v) is 6.28. The molecule has 0 radical (unpaired) electrons. The van der Waals surface area contributed by atoms with Gasteiger partial charge in [0, 0.05) is 43.0 Å². The van der Waals surface area contributed by atoms with Crippen LogP contribution in [0.25, 0.3) is 0 Å². The van der Waals surface area contributed by atoms with E-state index < -0.39 is 0 Å². The van der Waals surface area contributed by atoms with E-state index in [1.165, 1.54) is 23.3 Å². The maximum absolute atomic E-state index is 12.3. The Morgan fingerprint density at radius 2 is 2.03 bits per heavy atom. The highest BCUT2D eigenvalue weighted by Gasteiger charge is 2.27. The molecule has 0 aromatic carbocycles. The van der Waals surface area contributed by atoms with E-state index in [1.54, 1.807) is 13.1 Å². The number of aromatic amines is 1. The first-order valence-electron chi connectivity index (χ1n) is 11.5. The summed E-state index contributed by atoms with van der Waals surface area (Å²) >= 11 is 0. The van der Waals surface area contributed by atoms with E-state index in [0.717, 1.165) is 37.3 Å². The first kappa shape index (κ1) is 21.3. The average molecular weight is 452 g/mol. The highest BCUT2D eigenvalue weighted by atomic mass is 16.2. The highest BCUT2D eigenvalue weighted by molar-refractivity contribution is 5.75. The zero-order valence-corrected chi connectivity index (χ0v) is 18.9. The van der Waals surface area contributed by atoms with Gasteiger partial charge < -0.3 is 15.5 Å². The fourth-order valence-electron chi connectivity index (χ4n) is 4.29. The summed E-state index contributed by atoms with van der Waals surface area (Å²) in [5, 5.41) is 25.5. The monoisotopic (exact) mass is 451 g/mol. The molecule has 2 aliphatic rings. The van der Waals surface area contributed by atoms with E-state index >= 15 is 0 Å². The van der Waals surface area contributed by atoms with Gasteiger partial charge in [0.25, 0.3) is 0 Å². The number of nitrogens with zero attached hydrogens (tertiary/aromatic N) is 8. The van der Waals surface area contributed by atoms with Gasteiger partial charge in [0.15, 0.2) is 11.6 Å². The number of tetrazole rings is 1. The lowest BCUT2D eigenvalue weighted by atomic mass is 9.90. The summed E-state index contributed by atoms with van der Waals surface area (Å²) in [5.74, 6) is 3.27. The fraction of sp³-hybridized carbons (Fsp3) is 0.571. The second-order valence-electron chi connectivity index (χ2n) is 8.90. The summed E-state index contributed by atoms with van der Waals surface area (Å²) in [4.78, 5) is 24.9. The maximum Gasteiger partial charge on any atom is 0.243 e. The molecule has 33 heavy (non-hydrogen) atoms. The molecular weight excluding hydrogens is 422 g/mol. The third kappa shape index (κ3) is 5.26. The number of carbonyl (C=O) groups excluding carboxylic acids is 1. The van der Waals surface area contributed by atoms with Crippen molar-refractivity contribution in [3.05, 3.63) is 29.8 Å². The Balaban J connectivity index is 1.12. The molecule has 12 nitrogen and oxygen atoms in total. The van der Waals surface area contributed by atoms with Gasteiger partial charge >= 0.3 is 0 Å². The number of amides is 1. The van der Waals surface area contributed by atoms with Gasteiger partial charge in [-0.1, -0.05) is 0 Å². The number of rotatable bonds is 8. The van der Waals surface area contributed by atoms with Crippen LogP contribution >= 0.6 is 0 Å². The molecule has 174 valence electrons. The van der Waals surface area contributed by atoms with Crippen LogP contribution in [0.5, 0.6) is 0 Å². The summed E-state index contributed by atoms with van der Waals surface area (Å²) in [6.45, 7) is 1.84. The Kier molecular flexibility index (Phi) is 5.88. The molecule has 3 heterocycles. The molecule has 2 aliphatic carbocycles. The number of carbonyl (C=O) groups is 1. The van der Waals surface area contributed by atoms with E-state index in [4.69, 9.17) is 0 Å². The molecular formula is C21H29N11O. The first-order chi connectivity index (χ1) is 16.0. The highest BCUT2D eigenvalue weighted by Crippen LogP contribution is 2.39. The van der Waals surface area contributed by atoms with Crippen molar-refractivity contribution in [1.82, 2.24) is 45.7 Å². The van der Waals surface area contributed by atoms with Crippen LogP contribution in [0.3, 0.4) is 0 Å². The number of nitrogens with one attached hydrogen (secondary N) is 3. The quantitative estimate of drug-likeness (QED) is 0.466. The van der Waals surface area contributed by atoms with Gasteiger partial charge in [-0.2, -0.15) is 14.9 Å². The molecule has 3 aromatic heterocycles. The third-order valence-electron chi connectivity index (χ3n) is 6.28. The Morgan fingerprint density at radius 1 is 1.21 bits per heavy atom. The molecule has 0 atom stereocenters. The van der Waals surface area contributed by atoms with Gasteiger partial charge in [-0.15, -0.1) is 10.2 Å². The number of hydrogen-bond acceptors (Lipinski definition) is 9. The van der Waals surface area contributed by atoms with Gasteiger partial charge in [0.05, 0.1) is 0 Å². The average Bonchev–Trinajstić information content (AvgIpc) is 3.43. The number of aryl methyl sites for hydroxylation is 1. The minimum absolute atomic E-state index is 0.0884. The Labute approximate surface area is 191 Å². The summed E-state index contributed by atoms with van der Waals surface area (Å²) in [5.41, 5.74) is 1.18. The van der Waals surface area contributed by atoms with E-state index in [9.17, 15) is 4.79 Å². The maximum atomic E-state index is 12.3. The number of anilines is 3. The van der Waals surface area contributed by atoms with Gasteiger partial charge in [0.2, 0.25) is 11.9 Å². The molecule has 0 spiro atoms. The SMILES string of the molecule is Cc1nnn(CC(=O)NC2CCC(N(C)c3nccc(Nc4cc(C5CC5)[nH]n4)n3)CC2)n1. The summed E-state index contributed by atoms with van der Waals surface area (Å²) < 4.78 is 0. The second-order valence-corrected chi connectivity index (χ2v) is 8.90. The van der Waals surface area contributed by atoms with E-state index in [0.29, 0.717) is 23.7 Å². The minimum atomic E-state index is -0.0884. The van der Waals surface area contributed by atoms with Crippen molar-refractivity contribution >= 4 is 23.5 Å². The molecule has 0 saturated heterocycles. The Bertz CT molecular complexity index is 1100. The van der Waals surface area contributed by atoms with Crippen molar-refractivity contribution in [3.8, 4) is 0 Å². The molecule has 1 amide bonds. The van der Waals surface area contributed by atoms with Gasteiger partial charge in [-0.25, -0.2) is 4.98 Å². The Morgan fingerprint density at radius 3 is 2.76 bits per heavy atom. The largest absolute Gasteiger partial charge is 0.352 e. The molecule has 0 aliphatic heterocycles. The smallest absolute Gasteiger partial charge is 0.243 e. The van der Waals surface area contributed by atoms with Crippen molar-refractivity contribution in [2.45, 2.75) is 70.0 Å². The summed E-state index contributed by atoms with van der Waals surface area (Å²) in [6, 6.07) is 4.38. The molecule has 3 aromatic rings. The first-order valence-corrected chi connectivity index (χ1v) is 11.5. The molecule has 2 fully saturated rings. The zero-order chi connectivity index (χ0) is 22.8. The van der Waals surface area contributed by atoms with E-state index in [2.05, 4.69) is 57.2 Å². The van der Waals surface area contributed by atoms with Crippen LogP contribution in [-0.4, -0.2) is 65.4 Å². The number of hydrogen-bond donors (Lipinski definition) is 3. The van der Waals surface area contributed by atoms with Crippen LogP contribution in [0.2, 0.25) is 0 Å². The van der Waals surface area contributed by atoms with Crippen LogP contribution in [0.1, 0.15) is 56.0 Å². The van der Waals surface area contributed by atoms with Crippen LogP contribution in [0.4, 0.5) is 17.6 Å². The normalized spacial score (nSPS) is 20.4.